The van der Waals surface area contributed by atoms with E-state index >= 15 is 0 Å². The van der Waals surface area contributed by atoms with E-state index in [1.54, 1.807) is 6.07 Å². The fourth-order valence-electron chi connectivity index (χ4n) is 8.22. The van der Waals surface area contributed by atoms with Crippen molar-refractivity contribution < 1.29 is 30.6 Å². The van der Waals surface area contributed by atoms with Gasteiger partial charge in [0.05, 0.1) is 0 Å². The molecule has 0 bridgehead atoms. The van der Waals surface area contributed by atoms with Crippen molar-refractivity contribution in [3.63, 3.8) is 0 Å². The molecule has 0 amide bonds. The molecule has 0 saturated carbocycles. The molecule has 6 aromatic carbocycles. The first-order chi connectivity index (χ1) is 26.8. The largest absolute Gasteiger partial charge is 0.508 e. The van der Waals surface area contributed by atoms with Crippen molar-refractivity contribution in [3.8, 4) is 34.5 Å². The van der Waals surface area contributed by atoms with E-state index < -0.39 is 0 Å². The van der Waals surface area contributed by atoms with Crippen LogP contribution in [0, 0.1) is 41.5 Å². The third-order valence-corrected chi connectivity index (χ3v) is 11.0. The van der Waals surface area contributed by atoms with E-state index in [2.05, 4.69) is 20.8 Å². The molecule has 0 aliphatic rings. The first kappa shape index (κ1) is 40.8. The normalized spacial score (nSPS) is 11.7. The summed E-state index contributed by atoms with van der Waals surface area (Å²) in [7, 11) is 0. The van der Waals surface area contributed by atoms with Gasteiger partial charge < -0.3 is 30.6 Å². The number of phenols is 6. The van der Waals surface area contributed by atoms with Gasteiger partial charge in [-0.15, -0.1) is 0 Å². The second-order valence-corrected chi connectivity index (χ2v) is 17.3. The molecule has 0 aliphatic heterocycles. The van der Waals surface area contributed by atoms with E-state index in [0.717, 1.165) is 50.1 Å². The first-order valence-corrected chi connectivity index (χ1v) is 19.6. The highest BCUT2D eigenvalue weighted by molar-refractivity contribution is 5.57. The average molecular weight is 765 g/mol. The zero-order valence-corrected chi connectivity index (χ0v) is 34.7. The number of rotatable bonds is 10. The van der Waals surface area contributed by atoms with Gasteiger partial charge in [0.25, 0.3) is 0 Å². The standard InChI is InChI=1S/C51H56O6/c1-28-12-33(6)46(53)35(13-28)23-37-15-30(3)17-39(48(37)55)25-41-19-32(5)21-43(50(41)57)26-42-20-31(4)18-40(49(42)56)24-38-16-29(2)14-36(47(38)54)22-34-27-44(51(7,8)9)10-11-45(34)52/h10-21,27,52-57H,22-26H2,1-9H3. The van der Waals surface area contributed by atoms with Crippen LogP contribution in [0.1, 0.15) is 115 Å². The highest BCUT2D eigenvalue weighted by Crippen LogP contribution is 2.39. The number of phenolic OH excluding ortho intramolecular Hbond substituents is 6. The average Bonchev–Trinajstić information content (AvgIpc) is 3.11. The van der Waals surface area contributed by atoms with Crippen LogP contribution in [0.2, 0.25) is 0 Å². The van der Waals surface area contributed by atoms with Crippen molar-refractivity contribution in [3.05, 3.63) is 173 Å². The van der Waals surface area contributed by atoms with E-state index in [4.69, 9.17) is 0 Å². The van der Waals surface area contributed by atoms with Gasteiger partial charge in [-0.3, -0.25) is 0 Å². The first-order valence-electron chi connectivity index (χ1n) is 19.6. The molecule has 6 rings (SSSR count). The van der Waals surface area contributed by atoms with Crippen LogP contribution in [0.15, 0.2) is 78.9 Å². The molecule has 6 heteroatoms. The van der Waals surface area contributed by atoms with E-state index in [1.165, 1.54) is 0 Å². The van der Waals surface area contributed by atoms with Crippen LogP contribution in [0.25, 0.3) is 0 Å². The molecular formula is C51H56O6. The Morgan fingerprint density at radius 3 is 0.895 bits per heavy atom. The summed E-state index contributed by atoms with van der Waals surface area (Å²) < 4.78 is 0. The molecular weight excluding hydrogens is 709 g/mol. The molecule has 0 saturated heterocycles. The Hall–Kier alpha value is -5.88. The maximum atomic E-state index is 11.7. The van der Waals surface area contributed by atoms with Gasteiger partial charge in [-0.25, -0.2) is 0 Å². The van der Waals surface area contributed by atoms with Crippen LogP contribution in [-0.2, 0) is 37.5 Å². The number of hydrogen-bond acceptors (Lipinski definition) is 6. The van der Waals surface area contributed by atoms with Gasteiger partial charge >= 0.3 is 0 Å². The highest BCUT2D eigenvalue weighted by Gasteiger charge is 2.21. The molecule has 6 aromatic rings. The van der Waals surface area contributed by atoms with E-state index in [1.807, 2.05) is 114 Å². The molecule has 296 valence electrons. The predicted octanol–water partition coefficient (Wildman–Crippen LogP) is 11.0. The van der Waals surface area contributed by atoms with E-state index in [-0.39, 0.29) is 59.2 Å². The SMILES string of the molecule is Cc1cc(C)c(O)c(Cc2cc(C)cc(Cc3cc(C)cc(Cc4cc(C)cc(Cc5cc(C)cc(Cc6cc(C(C)(C)C)ccc6O)c5O)c4O)c3O)c2O)c1. The highest BCUT2D eigenvalue weighted by atomic mass is 16.3. The van der Waals surface area contributed by atoms with Crippen LogP contribution >= 0.6 is 0 Å². The van der Waals surface area contributed by atoms with Gasteiger partial charge in [0, 0.05) is 32.1 Å². The third kappa shape index (κ3) is 9.07. The number of aryl methyl sites for hydroxylation is 6. The topological polar surface area (TPSA) is 121 Å². The summed E-state index contributed by atoms with van der Waals surface area (Å²) in [4.78, 5) is 0. The van der Waals surface area contributed by atoms with Crippen molar-refractivity contribution in [2.45, 2.75) is 99.8 Å². The van der Waals surface area contributed by atoms with Gasteiger partial charge in [0.1, 0.15) is 34.5 Å². The van der Waals surface area contributed by atoms with Gasteiger partial charge in [-0.05, 0) is 120 Å². The quantitative estimate of drug-likeness (QED) is 0.0826. The molecule has 0 aliphatic carbocycles. The Bertz CT molecular complexity index is 2500. The number of benzene rings is 6. The number of hydrogen-bond donors (Lipinski definition) is 6. The fraction of sp³-hybridized carbons (Fsp3) is 0.294. The van der Waals surface area contributed by atoms with Gasteiger partial charge in [-0.1, -0.05) is 121 Å². The summed E-state index contributed by atoms with van der Waals surface area (Å²) in [6, 6.07) is 25.0. The number of aromatic hydroxyl groups is 6. The minimum Gasteiger partial charge on any atom is -0.508 e. The monoisotopic (exact) mass is 764 g/mol. The minimum absolute atomic E-state index is 0.0960. The molecule has 0 fully saturated rings. The van der Waals surface area contributed by atoms with Crippen molar-refractivity contribution in [1.29, 1.82) is 0 Å². The van der Waals surface area contributed by atoms with E-state index in [0.29, 0.717) is 57.3 Å². The zero-order chi connectivity index (χ0) is 41.5. The second-order valence-electron chi connectivity index (χ2n) is 17.3. The van der Waals surface area contributed by atoms with Crippen molar-refractivity contribution in [2.75, 3.05) is 0 Å². The van der Waals surface area contributed by atoms with Crippen LogP contribution in [0.4, 0.5) is 0 Å². The fourth-order valence-corrected chi connectivity index (χ4v) is 8.22. The molecule has 6 N–H and O–H groups in total. The summed E-state index contributed by atoms with van der Waals surface area (Å²) >= 11 is 0. The Kier molecular flexibility index (Phi) is 11.4. The Morgan fingerprint density at radius 1 is 0.333 bits per heavy atom. The summed E-state index contributed by atoms with van der Waals surface area (Å²) in [6.07, 6.45) is 1.57. The molecule has 0 spiro atoms. The summed E-state index contributed by atoms with van der Waals surface area (Å²) in [6.45, 7) is 18.1. The third-order valence-electron chi connectivity index (χ3n) is 11.0. The predicted molar refractivity (Wildman–Crippen MR) is 230 cm³/mol. The lowest BCUT2D eigenvalue weighted by molar-refractivity contribution is 0.452. The Morgan fingerprint density at radius 2 is 0.596 bits per heavy atom. The maximum Gasteiger partial charge on any atom is 0.122 e. The molecule has 0 atom stereocenters. The molecule has 0 unspecified atom stereocenters. The lowest BCUT2D eigenvalue weighted by atomic mass is 9.85. The summed E-state index contributed by atoms with van der Waals surface area (Å²) in [5, 5.41) is 68.0. The molecule has 0 heterocycles. The van der Waals surface area contributed by atoms with Crippen molar-refractivity contribution in [2.24, 2.45) is 0 Å². The molecule has 0 aromatic heterocycles. The lowest BCUT2D eigenvalue weighted by Crippen LogP contribution is -2.11. The van der Waals surface area contributed by atoms with E-state index in [9.17, 15) is 30.6 Å². The Labute approximate surface area is 337 Å². The van der Waals surface area contributed by atoms with Crippen LogP contribution < -0.4 is 0 Å². The lowest BCUT2D eigenvalue weighted by Gasteiger charge is -2.21. The molecule has 57 heavy (non-hydrogen) atoms. The van der Waals surface area contributed by atoms with Crippen molar-refractivity contribution in [1.82, 2.24) is 0 Å². The van der Waals surface area contributed by atoms with Crippen LogP contribution in [-0.4, -0.2) is 30.6 Å². The van der Waals surface area contributed by atoms with Gasteiger partial charge in [0.15, 0.2) is 0 Å². The summed E-state index contributed by atoms with van der Waals surface area (Å²) in [5.74, 6) is 0.905. The molecule has 0 radical (unpaired) electrons. The minimum atomic E-state index is -0.0960. The van der Waals surface area contributed by atoms with Gasteiger partial charge in [0.2, 0.25) is 0 Å². The summed E-state index contributed by atoms with van der Waals surface area (Å²) in [5.41, 5.74) is 13.5. The van der Waals surface area contributed by atoms with Crippen LogP contribution in [0.5, 0.6) is 34.5 Å². The molecule has 6 nitrogen and oxygen atoms in total. The zero-order valence-electron chi connectivity index (χ0n) is 34.7. The Balaban J connectivity index is 1.28. The smallest absolute Gasteiger partial charge is 0.122 e. The van der Waals surface area contributed by atoms with Crippen molar-refractivity contribution >= 4 is 0 Å². The second kappa shape index (κ2) is 15.9. The van der Waals surface area contributed by atoms with Gasteiger partial charge in [-0.2, -0.15) is 0 Å². The van der Waals surface area contributed by atoms with Crippen LogP contribution in [0.3, 0.4) is 0 Å². The maximum absolute atomic E-state index is 11.7.